The summed E-state index contributed by atoms with van der Waals surface area (Å²) in [4.78, 5) is 23.8. The Hall–Kier alpha value is -2.12. The van der Waals surface area contributed by atoms with Crippen LogP contribution >= 0.6 is 22.9 Å². The summed E-state index contributed by atoms with van der Waals surface area (Å²) in [6.45, 7) is 1.89. The van der Waals surface area contributed by atoms with Gasteiger partial charge in [-0.05, 0) is 13.0 Å². The number of benzene rings is 1. The highest BCUT2D eigenvalue weighted by molar-refractivity contribution is 7.14. The van der Waals surface area contributed by atoms with E-state index in [1.54, 1.807) is 12.3 Å². The molecule has 0 amide bonds. The van der Waals surface area contributed by atoms with Gasteiger partial charge in [0.25, 0.3) is 5.69 Å². The predicted molar refractivity (Wildman–Crippen MR) is 77.0 cm³/mol. The maximum absolute atomic E-state index is 10.8. The molecule has 0 aliphatic carbocycles. The smallest absolute Gasteiger partial charge is 0.258 e. The van der Waals surface area contributed by atoms with Crippen LogP contribution in [0.3, 0.4) is 0 Å². The van der Waals surface area contributed by atoms with Gasteiger partial charge in [0.2, 0.25) is 0 Å². The number of nitrogens with zero attached hydrogens (tertiary/aromatic N) is 4. The Morgan fingerprint density at radius 1 is 1.35 bits per heavy atom. The summed E-state index contributed by atoms with van der Waals surface area (Å²) in [5.41, 5.74) is 0.529. The molecule has 8 heteroatoms. The third kappa shape index (κ3) is 2.21. The zero-order valence-electron chi connectivity index (χ0n) is 10.2. The molecule has 0 atom stereocenters. The van der Waals surface area contributed by atoms with E-state index in [0.29, 0.717) is 16.7 Å². The standard InChI is InChI=1S/C12H7ClN4O2S/c1-6-14-5-10(20-6)12-15-9-3-2-7(17(18)19)4-8(9)11(13)16-12/h2-5H,1H3. The Balaban J connectivity index is 2.20. The van der Waals surface area contributed by atoms with Gasteiger partial charge in [0.1, 0.15) is 5.15 Å². The third-order valence-corrected chi connectivity index (χ3v) is 3.88. The Bertz CT molecular complexity index is 833. The Morgan fingerprint density at radius 2 is 2.15 bits per heavy atom. The topological polar surface area (TPSA) is 81.8 Å². The zero-order chi connectivity index (χ0) is 14.3. The van der Waals surface area contributed by atoms with Crippen molar-refractivity contribution < 1.29 is 4.92 Å². The summed E-state index contributed by atoms with van der Waals surface area (Å²) in [6, 6.07) is 4.34. The Morgan fingerprint density at radius 3 is 2.80 bits per heavy atom. The van der Waals surface area contributed by atoms with E-state index in [1.165, 1.54) is 23.5 Å². The molecule has 3 aromatic rings. The average Bonchev–Trinajstić information content (AvgIpc) is 2.85. The minimum atomic E-state index is -0.476. The summed E-state index contributed by atoms with van der Waals surface area (Å²) in [7, 11) is 0. The number of thiazole rings is 1. The van der Waals surface area contributed by atoms with Crippen LogP contribution in [0, 0.1) is 17.0 Å². The van der Waals surface area contributed by atoms with Crippen molar-refractivity contribution in [1.29, 1.82) is 0 Å². The van der Waals surface area contributed by atoms with Gasteiger partial charge >= 0.3 is 0 Å². The second-order valence-electron chi connectivity index (χ2n) is 4.04. The van der Waals surface area contributed by atoms with E-state index in [-0.39, 0.29) is 10.8 Å². The van der Waals surface area contributed by atoms with Gasteiger partial charge in [0.05, 0.1) is 20.3 Å². The molecule has 0 fully saturated rings. The molecule has 1 aromatic carbocycles. The van der Waals surface area contributed by atoms with Gasteiger partial charge < -0.3 is 0 Å². The van der Waals surface area contributed by atoms with Crippen molar-refractivity contribution in [2.45, 2.75) is 6.92 Å². The minimum absolute atomic E-state index is 0.0376. The fourth-order valence-electron chi connectivity index (χ4n) is 1.77. The number of halogens is 1. The summed E-state index contributed by atoms with van der Waals surface area (Å²) in [5, 5.41) is 12.3. The minimum Gasteiger partial charge on any atom is -0.258 e. The SMILES string of the molecule is Cc1ncc(-c2nc(Cl)c3cc([N+](=O)[O-])ccc3n2)s1. The summed E-state index contributed by atoms with van der Waals surface area (Å²) >= 11 is 7.57. The Kier molecular flexibility index (Phi) is 3.07. The van der Waals surface area contributed by atoms with E-state index in [1.807, 2.05) is 6.92 Å². The van der Waals surface area contributed by atoms with Crippen LogP contribution in [-0.2, 0) is 0 Å². The highest BCUT2D eigenvalue weighted by Crippen LogP contribution is 2.29. The van der Waals surface area contributed by atoms with Gasteiger partial charge in [-0.2, -0.15) is 0 Å². The lowest BCUT2D eigenvalue weighted by molar-refractivity contribution is -0.384. The van der Waals surface area contributed by atoms with Crippen LogP contribution in [0.25, 0.3) is 21.6 Å². The molecule has 0 aliphatic heterocycles. The molecular weight excluding hydrogens is 300 g/mol. The quantitative estimate of drug-likeness (QED) is 0.410. The fourth-order valence-corrected chi connectivity index (χ4v) is 2.71. The lowest BCUT2D eigenvalue weighted by Gasteiger charge is -2.02. The molecule has 100 valence electrons. The molecule has 6 nitrogen and oxygen atoms in total. The van der Waals surface area contributed by atoms with Crippen LogP contribution in [0.4, 0.5) is 5.69 Å². The summed E-state index contributed by atoms with van der Waals surface area (Å²) in [6.07, 6.45) is 1.68. The lowest BCUT2D eigenvalue weighted by atomic mass is 10.2. The first-order valence-corrected chi connectivity index (χ1v) is 6.78. The lowest BCUT2D eigenvalue weighted by Crippen LogP contribution is -1.93. The molecule has 2 aromatic heterocycles. The normalized spacial score (nSPS) is 10.9. The highest BCUT2D eigenvalue weighted by Gasteiger charge is 2.13. The second-order valence-corrected chi connectivity index (χ2v) is 5.63. The number of rotatable bonds is 2. The van der Waals surface area contributed by atoms with E-state index in [0.717, 1.165) is 9.88 Å². The number of nitro benzene ring substituents is 1. The number of aromatic nitrogens is 3. The van der Waals surface area contributed by atoms with Crippen LogP contribution in [0.15, 0.2) is 24.4 Å². The molecule has 2 heterocycles. The van der Waals surface area contributed by atoms with Gasteiger partial charge in [-0.3, -0.25) is 10.1 Å². The molecule has 0 spiro atoms. The third-order valence-electron chi connectivity index (χ3n) is 2.69. The maximum Gasteiger partial charge on any atom is 0.270 e. The first kappa shape index (κ1) is 12.9. The Labute approximate surface area is 122 Å². The number of hydrogen-bond donors (Lipinski definition) is 0. The van der Waals surface area contributed by atoms with Gasteiger partial charge in [-0.15, -0.1) is 11.3 Å². The molecule has 0 aliphatic rings. The van der Waals surface area contributed by atoms with Crippen LogP contribution in [0.2, 0.25) is 5.15 Å². The molecule has 3 rings (SSSR count). The van der Waals surface area contributed by atoms with E-state index >= 15 is 0 Å². The molecule has 0 saturated carbocycles. The second kappa shape index (κ2) is 4.77. The predicted octanol–water partition coefficient (Wildman–Crippen LogP) is 3.62. The maximum atomic E-state index is 10.8. The number of nitro groups is 1. The zero-order valence-corrected chi connectivity index (χ0v) is 11.8. The molecule has 0 saturated heterocycles. The van der Waals surface area contributed by atoms with Crippen molar-refractivity contribution >= 4 is 39.5 Å². The number of non-ortho nitro benzene ring substituents is 1. The molecular formula is C12H7ClN4O2S. The van der Waals surface area contributed by atoms with Crippen LogP contribution < -0.4 is 0 Å². The first-order chi connectivity index (χ1) is 9.54. The average molecular weight is 307 g/mol. The van der Waals surface area contributed by atoms with Crippen molar-refractivity contribution in [3.63, 3.8) is 0 Å². The van der Waals surface area contributed by atoms with Crippen molar-refractivity contribution in [2.75, 3.05) is 0 Å². The molecule has 0 radical (unpaired) electrons. The summed E-state index contributed by atoms with van der Waals surface area (Å²) in [5.74, 6) is 0.474. The van der Waals surface area contributed by atoms with Crippen LogP contribution in [-0.4, -0.2) is 19.9 Å². The van der Waals surface area contributed by atoms with Gasteiger partial charge in [-0.25, -0.2) is 15.0 Å². The van der Waals surface area contributed by atoms with E-state index in [9.17, 15) is 10.1 Å². The van der Waals surface area contributed by atoms with E-state index in [4.69, 9.17) is 11.6 Å². The van der Waals surface area contributed by atoms with Crippen molar-refractivity contribution in [3.05, 3.63) is 44.7 Å². The monoisotopic (exact) mass is 306 g/mol. The largest absolute Gasteiger partial charge is 0.270 e. The van der Waals surface area contributed by atoms with Crippen molar-refractivity contribution in [3.8, 4) is 10.7 Å². The van der Waals surface area contributed by atoms with E-state index < -0.39 is 4.92 Å². The highest BCUT2D eigenvalue weighted by atomic mass is 35.5. The molecule has 0 unspecified atom stereocenters. The van der Waals surface area contributed by atoms with E-state index in [2.05, 4.69) is 15.0 Å². The van der Waals surface area contributed by atoms with Crippen LogP contribution in [0.5, 0.6) is 0 Å². The van der Waals surface area contributed by atoms with Crippen LogP contribution in [0.1, 0.15) is 5.01 Å². The van der Waals surface area contributed by atoms with Crippen molar-refractivity contribution in [2.24, 2.45) is 0 Å². The van der Waals surface area contributed by atoms with Crippen molar-refractivity contribution in [1.82, 2.24) is 15.0 Å². The molecule has 0 bridgehead atoms. The summed E-state index contributed by atoms with van der Waals surface area (Å²) < 4.78 is 0. The molecule has 20 heavy (non-hydrogen) atoms. The van der Waals surface area contributed by atoms with Gasteiger partial charge in [0.15, 0.2) is 5.82 Å². The fraction of sp³-hybridized carbons (Fsp3) is 0.0833. The van der Waals surface area contributed by atoms with Gasteiger partial charge in [-0.1, -0.05) is 11.6 Å². The number of hydrogen-bond acceptors (Lipinski definition) is 6. The number of aryl methyl sites for hydroxylation is 1. The van der Waals surface area contributed by atoms with Gasteiger partial charge in [0, 0.05) is 23.7 Å². The number of fused-ring (bicyclic) bond motifs is 1. The molecule has 0 N–H and O–H groups in total. The first-order valence-electron chi connectivity index (χ1n) is 5.59.